The maximum absolute atomic E-state index is 13.4. The topological polar surface area (TPSA) is 9.23 Å². The van der Waals surface area contributed by atoms with Crippen LogP contribution >= 0.6 is 27.5 Å². The standard InChI is InChI=1S/C13H8BrClF2O/c14-9-1-4-12(16)8(5-9)7-18-10-2-3-11(15)13(17)6-10/h1-6H,7H2. The molecule has 2 aromatic rings. The highest BCUT2D eigenvalue weighted by Crippen LogP contribution is 2.22. The van der Waals surface area contributed by atoms with E-state index in [0.29, 0.717) is 11.3 Å². The minimum absolute atomic E-state index is 0.0202. The summed E-state index contributed by atoms with van der Waals surface area (Å²) < 4.78 is 32.6. The molecular weight excluding hydrogens is 325 g/mol. The Hall–Kier alpha value is -1.13. The fourth-order valence-corrected chi connectivity index (χ4v) is 1.91. The normalized spacial score (nSPS) is 10.4. The van der Waals surface area contributed by atoms with Gasteiger partial charge in [0.05, 0.1) is 5.02 Å². The second kappa shape index (κ2) is 5.67. The lowest BCUT2D eigenvalue weighted by Crippen LogP contribution is -1.98. The van der Waals surface area contributed by atoms with E-state index in [4.69, 9.17) is 16.3 Å². The van der Waals surface area contributed by atoms with Crippen molar-refractivity contribution in [3.8, 4) is 5.75 Å². The molecule has 0 saturated carbocycles. The summed E-state index contributed by atoms with van der Waals surface area (Å²) in [4.78, 5) is 0. The monoisotopic (exact) mass is 332 g/mol. The van der Waals surface area contributed by atoms with Crippen LogP contribution in [0.2, 0.25) is 5.02 Å². The van der Waals surface area contributed by atoms with E-state index in [-0.39, 0.29) is 17.4 Å². The van der Waals surface area contributed by atoms with Gasteiger partial charge in [-0.05, 0) is 30.3 Å². The Kier molecular flexibility index (Phi) is 4.19. The van der Waals surface area contributed by atoms with Gasteiger partial charge in [0, 0.05) is 16.1 Å². The van der Waals surface area contributed by atoms with E-state index < -0.39 is 5.82 Å². The molecule has 94 valence electrons. The molecule has 0 N–H and O–H groups in total. The van der Waals surface area contributed by atoms with Gasteiger partial charge >= 0.3 is 0 Å². The highest BCUT2D eigenvalue weighted by Gasteiger charge is 2.06. The maximum atomic E-state index is 13.4. The molecule has 0 aromatic heterocycles. The van der Waals surface area contributed by atoms with E-state index in [2.05, 4.69) is 15.9 Å². The fraction of sp³-hybridized carbons (Fsp3) is 0.0769. The zero-order valence-corrected chi connectivity index (χ0v) is 11.4. The van der Waals surface area contributed by atoms with E-state index in [1.165, 1.54) is 18.2 Å². The summed E-state index contributed by atoms with van der Waals surface area (Å²) in [6, 6.07) is 8.64. The lowest BCUT2D eigenvalue weighted by Gasteiger charge is -2.08. The van der Waals surface area contributed by atoms with Crippen LogP contribution in [0.15, 0.2) is 40.9 Å². The summed E-state index contributed by atoms with van der Waals surface area (Å²) in [5.74, 6) is -0.632. The molecule has 0 aliphatic carbocycles. The van der Waals surface area contributed by atoms with E-state index >= 15 is 0 Å². The van der Waals surface area contributed by atoms with E-state index in [0.717, 1.165) is 10.5 Å². The predicted octanol–water partition coefficient (Wildman–Crippen LogP) is 4.96. The second-order valence-electron chi connectivity index (χ2n) is 3.60. The molecule has 0 spiro atoms. The Morgan fingerprint density at radius 3 is 2.56 bits per heavy atom. The number of benzene rings is 2. The first-order valence-corrected chi connectivity index (χ1v) is 6.25. The van der Waals surface area contributed by atoms with Gasteiger partial charge in [0.2, 0.25) is 0 Å². The Morgan fingerprint density at radius 1 is 1.06 bits per heavy atom. The summed E-state index contributed by atoms with van der Waals surface area (Å²) in [6.45, 7) is 0.0202. The van der Waals surface area contributed by atoms with Crippen LogP contribution in [0, 0.1) is 11.6 Å². The largest absolute Gasteiger partial charge is 0.489 e. The Morgan fingerprint density at radius 2 is 1.83 bits per heavy atom. The number of hydrogen-bond acceptors (Lipinski definition) is 1. The van der Waals surface area contributed by atoms with Crippen molar-refractivity contribution in [3.63, 3.8) is 0 Å². The van der Waals surface area contributed by atoms with Gasteiger partial charge in [-0.2, -0.15) is 0 Å². The van der Waals surface area contributed by atoms with E-state index in [1.54, 1.807) is 12.1 Å². The van der Waals surface area contributed by atoms with Crippen LogP contribution in [-0.2, 0) is 6.61 Å². The van der Waals surface area contributed by atoms with Crippen LogP contribution in [0.1, 0.15) is 5.56 Å². The van der Waals surface area contributed by atoms with Crippen molar-refractivity contribution in [2.24, 2.45) is 0 Å². The Labute approximate surface area is 116 Å². The van der Waals surface area contributed by atoms with Crippen LogP contribution in [0.3, 0.4) is 0 Å². The van der Waals surface area contributed by atoms with Gasteiger partial charge in [0.1, 0.15) is 24.0 Å². The van der Waals surface area contributed by atoms with Crippen LogP contribution in [0.5, 0.6) is 5.75 Å². The van der Waals surface area contributed by atoms with Crippen molar-refractivity contribution in [3.05, 3.63) is 63.1 Å². The molecule has 2 rings (SSSR count). The molecule has 0 amide bonds. The SMILES string of the molecule is Fc1cc(OCc2cc(Br)ccc2F)ccc1Cl. The minimum atomic E-state index is -0.566. The minimum Gasteiger partial charge on any atom is -0.489 e. The smallest absolute Gasteiger partial charge is 0.145 e. The Bertz CT molecular complexity index is 575. The number of hydrogen-bond donors (Lipinski definition) is 0. The van der Waals surface area contributed by atoms with Crippen LogP contribution < -0.4 is 4.74 Å². The molecule has 0 heterocycles. The zero-order valence-electron chi connectivity index (χ0n) is 9.09. The summed E-state index contributed by atoms with van der Waals surface area (Å²) in [6.07, 6.45) is 0. The molecule has 0 radical (unpaired) electrons. The van der Waals surface area contributed by atoms with Crippen molar-refractivity contribution in [2.75, 3.05) is 0 Å². The molecule has 5 heteroatoms. The summed E-state index contributed by atoms with van der Waals surface area (Å²) in [5.41, 5.74) is 0.389. The molecule has 0 saturated heterocycles. The maximum Gasteiger partial charge on any atom is 0.145 e. The van der Waals surface area contributed by atoms with Gasteiger partial charge in [-0.15, -0.1) is 0 Å². The molecule has 0 fully saturated rings. The van der Waals surface area contributed by atoms with Gasteiger partial charge in [0.15, 0.2) is 0 Å². The third-order valence-electron chi connectivity index (χ3n) is 2.29. The van der Waals surface area contributed by atoms with Gasteiger partial charge in [-0.1, -0.05) is 27.5 Å². The Balaban J connectivity index is 2.11. The second-order valence-corrected chi connectivity index (χ2v) is 4.92. The average molecular weight is 334 g/mol. The van der Waals surface area contributed by atoms with Crippen LogP contribution in [-0.4, -0.2) is 0 Å². The zero-order chi connectivity index (χ0) is 13.1. The van der Waals surface area contributed by atoms with Crippen LogP contribution in [0.4, 0.5) is 8.78 Å². The molecule has 0 unspecified atom stereocenters. The molecule has 0 bridgehead atoms. The lowest BCUT2D eigenvalue weighted by atomic mass is 10.2. The number of rotatable bonds is 3. The molecule has 0 aliphatic rings. The first-order valence-electron chi connectivity index (χ1n) is 5.08. The van der Waals surface area contributed by atoms with Crippen molar-refractivity contribution in [1.29, 1.82) is 0 Å². The van der Waals surface area contributed by atoms with Crippen LogP contribution in [0.25, 0.3) is 0 Å². The number of halogens is 4. The van der Waals surface area contributed by atoms with Gasteiger partial charge in [-0.25, -0.2) is 8.78 Å². The van der Waals surface area contributed by atoms with Gasteiger partial charge < -0.3 is 4.74 Å². The quantitative estimate of drug-likeness (QED) is 0.771. The third kappa shape index (κ3) is 3.21. The molecule has 18 heavy (non-hydrogen) atoms. The molecule has 0 atom stereocenters. The fourth-order valence-electron chi connectivity index (χ4n) is 1.38. The van der Waals surface area contributed by atoms with Crippen molar-refractivity contribution in [1.82, 2.24) is 0 Å². The van der Waals surface area contributed by atoms with E-state index in [1.807, 2.05) is 0 Å². The van der Waals surface area contributed by atoms with E-state index in [9.17, 15) is 8.78 Å². The van der Waals surface area contributed by atoms with Gasteiger partial charge in [0.25, 0.3) is 0 Å². The highest BCUT2D eigenvalue weighted by atomic mass is 79.9. The first kappa shape index (κ1) is 13.3. The van der Waals surface area contributed by atoms with Gasteiger partial charge in [-0.3, -0.25) is 0 Å². The molecule has 1 nitrogen and oxygen atoms in total. The summed E-state index contributed by atoms with van der Waals surface area (Å²) >= 11 is 8.79. The molecule has 2 aromatic carbocycles. The average Bonchev–Trinajstić information content (AvgIpc) is 2.34. The first-order chi connectivity index (χ1) is 8.56. The lowest BCUT2D eigenvalue weighted by molar-refractivity contribution is 0.298. The summed E-state index contributed by atoms with van der Waals surface area (Å²) in [5, 5.41) is 0.0241. The summed E-state index contributed by atoms with van der Waals surface area (Å²) in [7, 11) is 0. The van der Waals surface area contributed by atoms with Crippen molar-refractivity contribution >= 4 is 27.5 Å². The third-order valence-corrected chi connectivity index (χ3v) is 3.09. The highest BCUT2D eigenvalue weighted by molar-refractivity contribution is 9.10. The number of ether oxygens (including phenoxy) is 1. The molecular formula is C13H8BrClF2O. The van der Waals surface area contributed by atoms with Crippen molar-refractivity contribution < 1.29 is 13.5 Å². The molecule has 0 aliphatic heterocycles. The van der Waals surface area contributed by atoms with Crippen molar-refractivity contribution in [2.45, 2.75) is 6.61 Å². The predicted molar refractivity (Wildman–Crippen MR) is 69.8 cm³/mol.